The number of benzene rings is 2. The first kappa shape index (κ1) is 15.9. The molecular weight excluding hydrogens is 342 g/mol. The topological polar surface area (TPSA) is 82.3 Å². The number of aromatic nitrogens is 4. The molecule has 1 fully saturated rings. The Bertz CT molecular complexity index is 1030. The Morgan fingerprint density at radius 1 is 1.00 bits per heavy atom. The molecule has 1 aromatic heterocycles. The number of tetrazole rings is 1. The highest BCUT2D eigenvalue weighted by molar-refractivity contribution is 6.09. The van der Waals surface area contributed by atoms with Gasteiger partial charge in [0.25, 0.3) is 5.95 Å². The van der Waals surface area contributed by atoms with Crippen molar-refractivity contribution in [2.45, 2.75) is 25.3 Å². The standard InChI is InChI=1S/C20H17N5O2/c26-17-11-5-10-16-18(17)19(25-20(21-16)22-23-24-25)13-6-4-9-15(12-13)27-14-7-2-1-3-8-14/h1-4,6-9,12,18-19H,5,10-11H2. The van der Waals surface area contributed by atoms with Crippen LogP contribution in [0.5, 0.6) is 11.5 Å². The molecule has 2 aromatic carbocycles. The van der Waals surface area contributed by atoms with Crippen LogP contribution in [0.25, 0.3) is 0 Å². The third-order valence-electron chi connectivity index (χ3n) is 5.04. The number of nitrogens with zero attached hydrogens (tertiary/aromatic N) is 5. The molecule has 7 heteroatoms. The van der Waals surface area contributed by atoms with E-state index in [2.05, 4.69) is 20.5 Å². The van der Waals surface area contributed by atoms with Gasteiger partial charge < -0.3 is 4.74 Å². The van der Waals surface area contributed by atoms with Gasteiger partial charge >= 0.3 is 0 Å². The van der Waals surface area contributed by atoms with Crippen LogP contribution in [0.2, 0.25) is 0 Å². The second-order valence-corrected chi connectivity index (χ2v) is 6.76. The molecule has 1 aliphatic heterocycles. The first-order chi connectivity index (χ1) is 13.3. The molecule has 1 aliphatic carbocycles. The van der Waals surface area contributed by atoms with E-state index in [0.29, 0.717) is 18.1 Å². The van der Waals surface area contributed by atoms with Gasteiger partial charge in [-0.15, -0.1) is 0 Å². The number of fused-ring (bicyclic) bond motifs is 2. The van der Waals surface area contributed by atoms with Crippen molar-refractivity contribution in [1.29, 1.82) is 0 Å². The Hall–Kier alpha value is -3.35. The SMILES string of the molecule is O=C1CCCC2=Nc3nnnn3C(c3cccc(Oc4ccccc4)c3)C12. The first-order valence-electron chi connectivity index (χ1n) is 9.00. The molecule has 0 amide bonds. The summed E-state index contributed by atoms with van der Waals surface area (Å²) >= 11 is 0. The molecule has 2 aliphatic rings. The molecule has 27 heavy (non-hydrogen) atoms. The molecule has 3 aromatic rings. The van der Waals surface area contributed by atoms with Crippen LogP contribution in [-0.2, 0) is 4.79 Å². The molecule has 0 saturated heterocycles. The Balaban J connectivity index is 1.56. The van der Waals surface area contributed by atoms with Gasteiger partial charge in [0.05, 0.1) is 12.0 Å². The molecule has 2 atom stereocenters. The lowest BCUT2D eigenvalue weighted by Crippen LogP contribution is -2.39. The summed E-state index contributed by atoms with van der Waals surface area (Å²) in [6.45, 7) is 0. The minimum Gasteiger partial charge on any atom is -0.457 e. The minimum absolute atomic E-state index is 0.195. The van der Waals surface area contributed by atoms with E-state index in [-0.39, 0.29) is 17.7 Å². The molecule has 2 heterocycles. The van der Waals surface area contributed by atoms with E-state index in [0.717, 1.165) is 29.9 Å². The van der Waals surface area contributed by atoms with Gasteiger partial charge in [-0.3, -0.25) is 4.79 Å². The molecule has 0 bridgehead atoms. The van der Waals surface area contributed by atoms with Crippen molar-refractivity contribution in [3.05, 3.63) is 60.2 Å². The Kier molecular flexibility index (Phi) is 3.78. The van der Waals surface area contributed by atoms with Gasteiger partial charge in [-0.2, -0.15) is 0 Å². The average molecular weight is 359 g/mol. The zero-order chi connectivity index (χ0) is 18.2. The third kappa shape index (κ3) is 2.81. The van der Waals surface area contributed by atoms with Crippen LogP contribution in [0.3, 0.4) is 0 Å². The fraction of sp³-hybridized carbons (Fsp3) is 0.250. The van der Waals surface area contributed by atoms with Gasteiger partial charge in [-0.1, -0.05) is 35.4 Å². The number of ketones is 1. The van der Waals surface area contributed by atoms with Crippen molar-refractivity contribution in [2.24, 2.45) is 10.9 Å². The van der Waals surface area contributed by atoms with Crippen molar-refractivity contribution in [1.82, 2.24) is 20.2 Å². The van der Waals surface area contributed by atoms with E-state index in [1.54, 1.807) is 4.68 Å². The molecule has 0 spiro atoms. The smallest absolute Gasteiger partial charge is 0.269 e. The maximum Gasteiger partial charge on any atom is 0.269 e. The molecule has 7 nitrogen and oxygen atoms in total. The van der Waals surface area contributed by atoms with E-state index in [9.17, 15) is 4.79 Å². The van der Waals surface area contributed by atoms with Gasteiger partial charge in [0.2, 0.25) is 0 Å². The molecule has 2 unspecified atom stereocenters. The molecular formula is C20H17N5O2. The number of carbonyl (C=O) groups is 1. The maximum atomic E-state index is 12.7. The van der Waals surface area contributed by atoms with E-state index in [1.165, 1.54) is 0 Å². The summed E-state index contributed by atoms with van der Waals surface area (Å²) in [6, 6.07) is 17.1. The number of Topliss-reactive ketones (excluding diaryl/α,β-unsaturated/α-hetero) is 1. The monoisotopic (exact) mass is 359 g/mol. The van der Waals surface area contributed by atoms with Crippen LogP contribution >= 0.6 is 0 Å². The predicted octanol–water partition coefficient (Wildman–Crippen LogP) is 3.51. The summed E-state index contributed by atoms with van der Waals surface area (Å²) in [5.74, 6) is 1.80. The second kappa shape index (κ2) is 6.42. The number of ether oxygens (including phenoxy) is 1. The van der Waals surface area contributed by atoms with Crippen molar-refractivity contribution in [3.8, 4) is 11.5 Å². The molecule has 5 rings (SSSR count). The number of para-hydroxylation sites is 1. The van der Waals surface area contributed by atoms with Crippen molar-refractivity contribution >= 4 is 17.4 Å². The average Bonchev–Trinajstić information content (AvgIpc) is 3.16. The van der Waals surface area contributed by atoms with Crippen LogP contribution in [0.1, 0.15) is 30.9 Å². The maximum absolute atomic E-state index is 12.7. The largest absolute Gasteiger partial charge is 0.457 e. The molecule has 0 radical (unpaired) electrons. The van der Waals surface area contributed by atoms with Gasteiger partial charge in [0.1, 0.15) is 17.3 Å². The Morgan fingerprint density at radius 2 is 1.85 bits per heavy atom. The molecule has 0 N–H and O–H groups in total. The highest BCUT2D eigenvalue weighted by atomic mass is 16.5. The summed E-state index contributed by atoms with van der Waals surface area (Å²) < 4.78 is 7.62. The van der Waals surface area contributed by atoms with Crippen LogP contribution in [0.4, 0.5) is 5.95 Å². The lowest BCUT2D eigenvalue weighted by Gasteiger charge is -2.33. The normalized spacial score (nSPS) is 21.2. The van der Waals surface area contributed by atoms with E-state index < -0.39 is 0 Å². The summed E-state index contributed by atoms with van der Waals surface area (Å²) in [6.07, 6.45) is 2.21. The summed E-state index contributed by atoms with van der Waals surface area (Å²) in [4.78, 5) is 17.3. The fourth-order valence-corrected chi connectivity index (χ4v) is 3.86. The Labute approximate surface area is 155 Å². The number of hydrogen-bond acceptors (Lipinski definition) is 6. The predicted molar refractivity (Wildman–Crippen MR) is 98.4 cm³/mol. The van der Waals surface area contributed by atoms with E-state index in [4.69, 9.17) is 4.74 Å². The second-order valence-electron chi connectivity index (χ2n) is 6.76. The van der Waals surface area contributed by atoms with Crippen LogP contribution in [0.15, 0.2) is 59.6 Å². The number of aliphatic imine (C=N–C) groups is 1. The van der Waals surface area contributed by atoms with Crippen molar-refractivity contribution in [2.75, 3.05) is 0 Å². The van der Waals surface area contributed by atoms with Crippen LogP contribution in [0, 0.1) is 5.92 Å². The summed E-state index contributed by atoms with van der Waals surface area (Å²) in [5, 5.41) is 11.9. The van der Waals surface area contributed by atoms with Crippen molar-refractivity contribution in [3.63, 3.8) is 0 Å². The van der Waals surface area contributed by atoms with E-state index in [1.807, 2.05) is 54.6 Å². The summed E-state index contributed by atoms with van der Waals surface area (Å²) in [7, 11) is 0. The lowest BCUT2D eigenvalue weighted by molar-refractivity contribution is -0.122. The highest BCUT2D eigenvalue weighted by Crippen LogP contribution is 2.40. The fourth-order valence-electron chi connectivity index (χ4n) is 3.86. The zero-order valence-electron chi connectivity index (χ0n) is 14.5. The van der Waals surface area contributed by atoms with Crippen LogP contribution in [-0.4, -0.2) is 31.7 Å². The van der Waals surface area contributed by atoms with Gasteiger partial charge in [-0.25, -0.2) is 9.67 Å². The lowest BCUT2D eigenvalue weighted by atomic mass is 9.78. The number of hydrogen-bond donors (Lipinski definition) is 0. The van der Waals surface area contributed by atoms with Crippen LogP contribution < -0.4 is 4.74 Å². The first-order valence-corrected chi connectivity index (χ1v) is 9.00. The number of rotatable bonds is 3. The molecule has 134 valence electrons. The van der Waals surface area contributed by atoms with Gasteiger partial charge in [0, 0.05) is 12.1 Å². The Morgan fingerprint density at radius 3 is 2.74 bits per heavy atom. The quantitative estimate of drug-likeness (QED) is 0.715. The van der Waals surface area contributed by atoms with E-state index >= 15 is 0 Å². The molecule has 1 saturated carbocycles. The number of carbonyl (C=O) groups excluding carboxylic acids is 1. The van der Waals surface area contributed by atoms with Crippen molar-refractivity contribution < 1.29 is 9.53 Å². The minimum atomic E-state index is -0.318. The summed E-state index contributed by atoms with van der Waals surface area (Å²) in [5.41, 5.74) is 1.82. The zero-order valence-corrected chi connectivity index (χ0v) is 14.5. The van der Waals surface area contributed by atoms with Gasteiger partial charge in [0.15, 0.2) is 0 Å². The van der Waals surface area contributed by atoms with Gasteiger partial charge in [-0.05, 0) is 53.1 Å². The third-order valence-corrected chi connectivity index (χ3v) is 5.04. The highest BCUT2D eigenvalue weighted by Gasteiger charge is 2.42.